The molecule has 0 aliphatic rings. The Hall–Kier alpha value is -0.593. The lowest BCUT2D eigenvalue weighted by molar-refractivity contribution is 0.150. The second-order valence-corrected chi connectivity index (χ2v) is 2.60. The molecule has 0 rings (SSSR count). The van der Waals surface area contributed by atoms with E-state index in [2.05, 4.69) is 19.0 Å². The monoisotopic (exact) mass is 150 g/mol. The maximum absolute atomic E-state index is 9.99. The number of amides is 1. The number of primary amides is 1. The predicted molar refractivity (Wildman–Crippen MR) is 30.4 cm³/mol. The fourth-order valence-electron chi connectivity index (χ4n) is 0.249. The van der Waals surface area contributed by atoms with E-state index in [1.807, 2.05) is 0 Å². The molecule has 0 fully saturated rings. The molecule has 0 atom stereocenters. The van der Waals surface area contributed by atoms with E-state index in [9.17, 15) is 4.79 Å². The highest BCUT2D eigenvalue weighted by Crippen LogP contribution is 1.85. The minimum absolute atomic E-state index is 0.882. The Morgan fingerprint density at radius 2 is 1.89 bits per heavy atom. The first-order valence-electron chi connectivity index (χ1n) is 2.13. The van der Waals surface area contributed by atoms with Crippen molar-refractivity contribution in [3.63, 3.8) is 0 Å². The summed E-state index contributed by atoms with van der Waals surface area (Å²) in [5, 5.41) is 0. The first kappa shape index (κ1) is 8.41. The quantitative estimate of drug-likeness (QED) is 0.543. The molecule has 0 aromatic heterocycles. The van der Waals surface area contributed by atoms with Crippen LogP contribution in [0.3, 0.4) is 0 Å². The van der Waals surface area contributed by atoms with Crippen molar-refractivity contribution in [1.82, 2.24) is 0 Å². The van der Waals surface area contributed by atoms with Gasteiger partial charge in [-0.05, 0) is 0 Å². The molecule has 1 radical (unpaired) electrons. The van der Waals surface area contributed by atoms with Gasteiger partial charge in [0.25, 0.3) is 0 Å². The normalized spacial score (nSPS) is 9.67. The van der Waals surface area contributed by atoms with Crippen molar-refractivity contribution in [2.75, 3.05) is 14.2 Å². The van der Waals surface area contributed by atoms with Gasteiger partial charge in [-0.25, -0.2) is 4.79 Å². The SMILES string of the molecule is CO[Si](OC)OC(N)=O. The summed E-state index contributed by atoms with van der Waals surface area (Å²) in [6.07, 6.45) is -0.882. The van der Waals surface area contributed by atoms with Crippen LogP contribution in [-0.4, -0.2) is 29.8 Å². The zero-order chi connectivity index (χ0) is 7.28. The highest BCUT2D eigenvalue weighted by atomic mass is 28.3. The van der Waals surface area contributed by atoms with E-state index in [1.54, 1.807) is 0 Å². The lowest BCUT2D eigenvalue weighted by atomic mass is 11.3. The van der Waals surface area contributed by atoms with Gasteiger partial charge in [0.15, 0.2) is 0 Å². The summed E-state index contributed by atoms with van der Waals surface area (Å²) in [4.78, 5) is 9.99. The van der Waals surface area contributed by atoms with Crippen LogP contribution in [-0.2, 0) is 13.3 Å². The Labute approximate surface area is 54.7 Å². The Morgan fingerprint density at radius 1 is 1.44 bits per heavy atom. The fourth-order valence-corrected chi connectivity index (χ4v) is 0.746. The maximum Gasteiger partial charge on any atom is 0.659 e. The van der Waals surface area contributed by atoms with Gasteiger partial charge in [-0.3, -0.25) is 0 Å². The molecule has 0 unspecified atom stereocenters. The van der Waals surface area contributed by atoms with E-state index < -0.39 is 15.6 Å². The van der Waals surface area contributed by atoms with Crippen molar-refractivity contribution in [3.8, 4) is 0 Å². The predicted octanol–water partition coefficient (Wildman–Crippen LogP) is -0.641. The first-order chi connectivity index (χ1) is 4.20. The molecule has 0 spiro atoms. The largest absolute Gasteiger partial charge is 0.659 e. The van der Waals surface area contributed by atoms with Crippen molar-refractivity contribution in [3.05, 3.63) is 0 Å². The molecule has 0 bridgehead atoms. The minimum atomic E-state index is -1.90. The van der Waals surface area contributed by atoms with Crippen LogP contribution >= 0.6 is 0 Å². The highest BCUT2D eigenvalue weighted by molar-refractivity contribution is 6.38. The number of hydrogen-bond donors (Lipinski definition) is 1. The molecule has 0 aromatic carbocycles. The number of rotatable bonds is 3. The molecule has 0 heterocycles. The van der Waals surface area contributed by atoms with Crippen LogP contribution in [0.25, 0.3) is 0 Å². The van der Waals surface area contributed by atoms with Crippen molar-refractivity contribution in [2.24, 2.45) is 5.73 Å². The van der Waals surface area contributed by atoms with Crippen LogP contribution < -0.4 is 5.73 Å². The first-order valence-corrected chi connectivity index (χ1v) is 3.35. The van der Waals surface area contributed by atoms with E-state index in [4.69, 9.17) is 0 Å². The van der Waals surface area contributed by atoms with Gasteiger partial charge in [-0.15, -0.1) is 0 Å². The standard InChI is InChI=1S/C3H8NO4Si/c1-6-9(7-2)8-3(4)5/h1-2H3,(H2,4,5). The van der Waals surface area contributed by atoms with Gasteiger partial charge in [-0.1, -0.05) is 0 Å². The number of nitrogens with two attached hydrogens (primary N) is 1. The van der Waals surface area contributed by atoms with Crippen LogP contribution in [0.1, 0.15) is 0 Å². The van der Waals surface area contributed by atoms with Crippen LogP contribution in [0, 0.1) is 0 Å². The summed E-state index contributed by atoms with van der Waals surface area (Å²) in [5.74, 6) is 0. The van der Waals surface area contributed by atoms with Crippen molar-refractivity contribution < 1.29 is 18.1 Å². The summed E-state index contributed by atoms with van der Waals surface area (Å²) >= 11 is 0. The maximum atomic E-state index is 9.99. The molecule has 1 amide bonds. The molecule has 0 aliphatic carbocycles. The highest BCUT2D eigenvalue weighted by Gasteiger charge is 2.18. The molecular formula is C3H8NO4Si. The third-order valence-corrected chi connectivity index (χ3v) is 1.55. The van der Waals surface area contributed by atoms with Crippen LogP contribution in [0.5, 0.6) is 0 Å². The summed E-state index contributed by atoms with van der Waals surface area (Å²) in [6, 6.07) is 0. The van der Waals surface area contributed by atoms with Crippen LogP contribution in [0.15, 0.2) is 0 Å². The summed E-state index contributed by atoms with van der Waals surface area (Å²) < 4.78 is 13.5. The van der Waals surface area contributed by atoms with Crippen molar-refractivity contribution >= 4 is 15.6 Å². The third-order valence-electron chi connectivity index (χ3n) is 0.517. The molecule has 2 N–H and O–H groups in total. The molecule has 0 aliphatic heterocycles. The molecule has 5 nitrogen and oxygen atoms in total. The molecule has 0 saturated carbocycles. The van der Waals surface area contributed by atoms with Gasteiger partial charge in [0.05, 0.1) is 0 Å². The molecule has 0 aromatic rings. The summed E-state index contributed by atoms with van der Waals surface area (Å²) in [5.41, 5.74) is 4.65. The number of carbonyl (C=O) groups excluding carboxylic acids is 1. The summed E-state index contributed by atoms with van der Waals surface area (Å²) in [6.45, 7) is 0. The topological polar surface area (TPSA) is 70.8 Å². The van der Waals surface area contributed by atoms with E-state index in [0.29, 0.717) is 0 Å². The number of hydrogen-bond acceptors (Lipinski definition) is 4. The Balaban J connectivity index is 3.43. The average molecular weight is 150 g/mol. The molecule has 6 heteroatoms. The Morgan fingerprint density at radius 3 is 2.00 bits per heavy atom. The van der Waals surface area contributed by atoms with Crippen molar-refractivity contribution in [1.29, 1.82) is 0 Å². The second-order valence-electron chi connectivity index (χ2n) is 1.08. The number of carbonyl (C=O) groups is 1. The molecule has 53 valence electrons. The minimum Gasteiger partial charge on any atom is -0.454 e. The fraction of sp³-hybridized carbons (Fsp3) is 0.667. The zero-order valence-corrected chi connectivity index (χ0v) is 6.21. The van der Waals surface area contributed by atoms with Gasteiger partial charge >= 0.3 is 15.6 Å². The zero-order valence-electron chi connectivity index (χ0n) is 5.21. The Kier molecular flexibility index (Phi) is 4.02. The van der Waals surface area contributed by atoms with Crippen LogP contribution in [0.2, 0.25) is 0 Å². The van der Waals surface area contributed by atoms with E-state index in [0.717, 1.165) is 0 Å². The van der Waals surface area contributed by atoms with Gasteiger partial charge in [-0.2, -0.15) is 0 Å². The van der Waals surface area contributed by atoms with Crippen LogP contribution in [0.4, 0.5) is 4.79 Å². The third kappa shape index (κ3) is 3.95. The van der Waals surface area contributed by atoms with Gasteiger partial charge in [0.2, 0.25) is 0 Å². The second kappa shape index (κ2) is 4.30. The van der Waals surface area contributed by atoms with E-state index in [1.165, 1.54) is 14.2 Å². The van der Waals surface area contributed by atoms with Crippen molar-refractivity contribution in [2.45, 2.75) is 0 Å². The Bertz CT molecular complexity index is 93.8. The average Bonchev–Trinajstić information content (AvgIpc) is 1.82. The van der Waals surface area contributed by atoms with Gasteiger partial charge in [0.1, 0.15) is 0 Å². The lowest BCUT2D eigenvalue weighted by Crippen LogP contribution is -2.30. The smallest absolute Gasteiger partial charge is 0.454 e. The van der Waals surface area contributed by atoms with Gasteiger partial charge in [0, 0.05) is 14.2 Å². The van der Waals surface area contributed by atoms with Gasteiger partial charge < -0.3 is 19.0 Å². The molecule has 9 heavy (non-hydrogen) atoms. The lowest BCUT2D eigenvalue weighted by Gasteiger charge is -2.05. The molecule has 0 saturated heterocycles. The molecular weight excluding hydrogens is 142 g/mol. The van der Waals surface area contributed by atoms with E-state index >= 15 is 0 Å². The van der Waals surface area contributed by atoms with E-state index in [-0.39, 0.29) is 0 Å². The summed E-state index contributed by atoms with van der Waals surface area (Å²) in [7, 11) is 0.854.